The first-order valence-electron chi connectivity index (χ1n) is 10.1. The van der Waals surface area contributed by atoms with E-state index in [-0.39, 0.29) is 42.1 Å². The molecule has 1 aliphatic rings. The zero-order valence-electron chi connectivity index (χ0n) is 17.1. The number of benzene rings is 1. The van der Waals surface area contributed by atoms with Crippen molar-refractivity contribution in [1.82, 2.24) is 24.2 Å². The molecule has 31 heavy (non-hydrogen) atoms. The summed E-state index contributed by atoms with van der Waals surface area (Å²) in [6, 6.07) is 5.75. The second-order valence-electron chi connectivity index (χ2n) is 7.69. The summed E-state index contributed by atoms with van der Waals surface area (Å²) in [7, 11) is 0. The Labute approximate surface area is 177 Å². The van der Waals surface area contributed by atoms with Crippen LogP contribution in [0.5, 0.6) is 0 Å². The molecule has 4 rings (SSSR count). The predicted molar refractivity (Wildman–Crippen MR) is 111 cm³/mol. The van der Waals surface area contributed by atoms with Crippen LogP contribution in [0.3, 0.4) is 0 Å². The summed E-state index contributed by atoms with van der Waals surface area (Å²) in [6.45, 7) is 2.87. The minimum Gasteiger partial charge on any atom is -0.369 e. The number of nitrogens with two attached hydrogens (primary N) is 1. The van der Waals surface area contributed by atoms with Crippen LogP contribution in [0.25, 0.3) is 16.7 Å². The highest BCUT2D eigenvalue weighted by molar-refractivity contribution is 5.79. The predicted octanol–water partition coefficient (Wildman–Crippen LogP) is 1.14. The van der Waals surface area contributed by atoms with Gasteiger partial charge in [-0.25, -0.2) is 14.1 Å². The Morgan fingerprint density at radius 1 is 1.19 bits per heavy atom. The molecule has 162 valence electrons. The van der Waals surface area contributed by atoms with Crippen molar-refractivity contribution in [2.75, 3.05) is 13.1 Å². The van der Waals surface area contributed by atoms with E-state index in [2.05, 4.69) is 10.1 Å². The number of carbonyl (C=O) groups is 2. The maximum absolute atomic E-state index is 13.2. The Kier molecular flexibility index (Phi) is 5.53. The monoisotopic (exact) mass is 426 g/mol. The number of halogens is 1. The van der Waals surface area contributed by atoms with Crippen LogP contribution in [-0.2, 0) is 16.1 Å². The normalized spacial score (nSPS) is 14.8. The molecule has 2 amide bonds. The van der Waals surface area contributed by atoms with Gasteiger partial charge in [-0.05, 0) is 44.0 Å². The number of rotatable bonds is 5. The second-order valence-corrected chi connectivity index (χ2v) is 7.69. The van der Waals surface area contributed by atoms with Gasteiger partial charge >= 0.3 is 0 Å². The summed E-state index contributed by atoms with van der Waals surface area (Å²) in [5, 5.41) is 4.56. The molecular weight excluding hydrogens is 403 g/mol. The number of nitrogens with zero attached hydrogens (tertiary/aromatic N) is 5. The number of carbonyl (C=O) groups excluding carboxylic acids is 2. The average Bonchev–Trinajstić information content (AvgIpc) is 3.18. The highest BCUT2D eigenvalue weighted by Crippen LogP contribution is 2.18. The van der Waals surface area contributed by atoms with Crippen LogP contribution >= 0.6 is 0 Å². The van der Waals surface area contributed by atoms with E-state index in [1.807, 2.05) is 0 Å². The third kappa shape index (κ3) is 4.05. The highest BCUT2D eigenvalue weighted by Gasteiger charge is 2.26. The van der Waals surface area contributed by atoms with Gasteiger partial charge < -0.3 is 10.6 Å². The topological polar surface area (TPSA) is 116 Å². The molecule has 1 aliphatic heterocycles. The van der Waals surface area contributed by atoms with E-state index >= 15 is 0 Å². The lowest BCUT2D eigenvalue weighted by atomic mass is 9.96. The fraction of sp³-hybridized carbons (Fsp3) is 0.381. The molecule has 1 saturated heterocycles. The second kappa shape index (κ2) is 8.29. The third-order valence-corrected chi connectivity index (χ3v) is 5.75. The molecule has 0 saturated carbocycles. The number of aryl methyl sites for hydroxylation is 1. The standard InChI is InChI=1S/C21H23FN6O3/c1-13-25-20-17(12-24-28(20)16-4-2-15(22)3-5-16)21(31)27(13)11-8-18(29)26-9-6-14(7-10-26)19(23)30/h2-5,12,14H,6-11H2,1H3,(H2,23,30). The summed E-state index contributed by atoms with van der Waals surface area (Å²) in [4.78, 5) is 43.1. The van der Waals surface area contributed by atoms with Crippen molar-refractivity contribution in [3.63, 3.8) is 0 Å². The van der Waals surface area contributed by atoms with Gasteiger partial charge in [-0.2, -0.15) is 5.10 Å². The number of amides is 2. The molecule has 0 spiro atoms. The first kappa shape index (κ1) is 20.7. The Bertz CT molecular complexity index is 1190. The van der Waals surface area contributed by atoms with Gasteiger partial charge in [0, 0.05) is 32.0 Å². The van der Waals surface area contributed by atoms with Crippen LogP contribution in [0.1, 0.15) is 25.1 Å². The van der Waals surface area contributed by atoms with Gasteiger partial charge in [-0.3, -0.25) is 19.0 Å². The molecule has 0 bridgehead atoms. The van der Waals surface area contributed by atoms with Crippen LogP contribution < -0.4 is 11.3 Å². The molecule has 0 radical (unpaired) electrons. The van der Waals surface area contributed by atoms with E-state index in [0.717, 1.165) is 0 Å². The number of hydrogen-bond donors (Lipinski definition) is 1. The Balaban J connectivity index is 1.51. The number of fused-ring (bicyclic) bond motifs is 1. The van der Waals surface area contributed by atoms with Crippen molar-refractivity contribution >= 4 is 22.8 Å². The quantitative estimate of drug-likeness (QED) is 0.657. The number of hydrogen-bond acceptors (Lipinski definition) is 5. The average molecular weight is 426 g/mol. The molecule has 0 aliphatic carbocycles. The molecule has 9 nitrogen and oxygen atoms in total. The van der Waals surface area contributed by atoms with Crippen molar-refractivity contribution in [3.8, 4) is 5.69 Å². The van der Waals surface area contributed by atoms with Crippen LogP contribution in [0.2, 0.25) is 0 Å². The van der Waals surface area contributed by atoms with E-state index < -0.39 is 0 Å². The number of aromatic nitrogens is 4. The zero-order chi connectivity index (χ0) is 22.1. The molecule has 3 heterocycles. The Morgan fingerprint density at radius 2 is 1.87 bits per heavy atom. The van der Waals surface area contributed by atoms with Crippen molar-refractivity contribution in [3.05, 3.63) is 52.5 Å². The van der Waals surface area contributed by atoms with E-state index in [1.165, 1.54) is 27.6 Å². The van der Waals surface area contributed by atoms with Crippen molar-refractivity contribution < 1.29 is 14.0 Å². The molecule has 2 N–H and O–H groups in total. The molecule has 10 heteroatoms. The summed E-state index contributed by atoms with van der Waals surface area (Å²) in [5.41, 5.74) is 6.03. The van der Waals surface area contributed by atoms with Gasteiger partial charge in [0.25, 0.3) is 5.56 Å². The summed E-state index contributed by atoms with van der Waals surface area (Å²) in [6.07, 6.45) is 2.72. The van der Waals surface area contributed by atoms with E-state index in [0.29, 0.717) is 48.5 Å². The first-order chi connectivity index (χ1) is 14.8. The SMILES string of the molecule is Cc1nc2c(cnn2-c2ccc(F)cc2)c(=O)n1CCC(=O)N1CCC(C(N)=O)CC1. The molecule has 2 aromatic heterocycles. The molecule has 3 aromatic rings. The number of piperidine rings is 1. The molecule has 0 unspecified atom stereocenters. The van der Waals surface area contributed by atoms with Gasteiger partial charge in [0.05, 0.1) is 11.9 Å². The maximum atomic E-state index is 13.2. The van der Waals surface area contributed by atoms with Crippen LogP contribution in [-0.4, -0.2) is 49.1 Å². The van der Waals surface area contributed by atoms with E-state index in [1.54, 1.807) is 24.0 Å². The van der Waals surface area contributed by atoms with Crippen molar-refractivity contribution in [2.24, 2.45) is 11.7 Å². The van der Waals surface area contributed by atoms with E-state index in [9.17, 15) is 18.8 Å². The fourth-order valence-electron chi connectivity index (χ4n) is 3.92. The lowest BCUT2D eigenvalue weighted by Crippen LogP contribution is -2.42. The number of primary amides is 1. The fourth-order valence-corrected chi connectivity index (χ4v) is 3.92. The Hall–Kier alpha value is -3.56. The molecule has 0 atom stereocenters. The van der Waals surface area contributed by atoms with Gasteiger partial charge in [0.15, 0.2) is 5.65 Å². The minimum atomic E-state index is -0.366. The van der Waals surface area contributed by atoms with Gasteiger partial charge in [-0.15, -0.1) is 0 Å². The van der Waals surface area contributed by atoms with Crippen LogP contribution in [0.15, 0.2) is 35.3 Å². The van der Waals surface area contributed by atoms with Gasteiger partial charge in [-0.1, -0.05) is 0 Å². The summed E-state index contributed by atoms with van der Waals surface area (Å²) in [5.74, 6) is -0.485. The lowest BCUT2D eigenvalue weighted by Gasteiger charge is -2.30. The van der Waals surface area contributed by atoms with Crippen LogP contribution in [0, 0.1) is 18.7 Å². The van der Waals surface area contributed by atoms with Gasteiger partial charge in [0.2, 0.25) is 11.8 Å². The smallest absolute Gasteiger partial charge is 0.264 e. The first-order valence-corrected chi connectivity index (χ1v) is 10.1. The van der Waals surface area contributed by atoms with Crippen molar-refractivity contribution in [1.29, 1.82) is 0 Å². The molecule has 1 fully saturated rings. The summed E-state index contributed by atoms with van der Waals surface area (Å²) >= 11 is 0. The minimum absolute atomic E-state index is 0.0728. The van der Waals surface area contributed by atoms with Crippen molar-refractivity contribution in [2.45, 2.75) is 32.7 Å². The maximum Gasteiger partial charge on any atom is 0.264 e. The zero-order valence-corrected chi connectivity index (χ0v) is 17.1. The third-order valence-electron chi connectivity index (χ3n) is 5.75. The Morgan fingerprint density at radius 3 is 2.52 bits per heavy atom. The largest absolute Gasteiger partial charge is 0.369 e. The van der Waals surface area contributed by atoms with Crippen LogP contribution in [0.4, 0.5) is 4.39 Å². The molecular formula is C21H23FN6O3. The highest BCUT2D eigenvalue weighted by atomic mass is 19.1. The lowest BCUT2D eigenvalue weighted by molar-refractivity contribution is -0.135. The number of likely N-dealkylation sites (tertiary alicyclic amines) is 1. The summed E-state index contributed by atoms with van der Waals surface area (Å²) < 4.78 is 16.2. The molecule has 1 aromatic carbocycles. The van der Waals surface area contributed by atoms with Gasteiger partial charge in [0.1, 0.15) is 17.0 Å². The van der Waals surface area contributed by atoms with E-state index in [4.69, 9.17) is 5.73 Å².